The number of benzene rings is 2. The van der Waals surface area contributed by atoms with Gasteiger partial charge in [0.2, 0.25) is 15.9 Å². The van der Waals surface area contributed by atoms with Gasteiger partial charge >= 0.3 is 0 Å². The van der Waals surface area contributed by atoms with Crippen LogP contribution in [0.25, 0.3) is 0 Å². The highest BCUT2D eigenvalue weighted by molar-refractivity contribution is 7.89. The molecule has 0 radical (unpaired) electrons. The summed E-state index contributed by atoms with van der Waals surface area (Å²) in [7, 11) is -3.95. The van der Waals surface area contributed by atoms with Crippen molar-refractivity contribution in [3.63, 3.8) is 0 Å². The number of amides is 1. The Balaban J connectivity index is 1.75. The van der Waals surface area contributed by atoms with Gasteiger partial charge in [-0.15, -0.1) is 0 Å². The summed E-state index contributed by atoms with van der Waals surface area (Å²) < 4.78 is 26.5. The lowest BCUT2D eigenvalue weighted by Crippen LogP contribution is -2.34. The Bertz CT molecular complexity index is 1010. The van der Waals surface area contributed by atoms with Crippen LogP contribution in [-0.4, -0.2) is 38.1 Å². The number of nitrogens with one attached hydrogen (secondary N) is 2. The maximum absolute atomic E-state index is 12.1. The number of hydrogen-bond acceptors (Lipinski definition) is 6. The van der Waals surface area contributed by atoms with E-state index in [1.54, 1.807) is 24.3 Å². The first-order valence-electron chi connectivity index (χ1n) is 8.48. The minimum absolute atomic E-state index is 0.00211. The maximum Gasteiger partial charge on any atom is 0.270 e. The fourth-order valence-electron chi connectivity index (χ4n) is 2.33. The second kappa shape index (κ2) is 10.1. The van der Waals surface area contributed by atoms with Crippen molar-refractivity contribution in [1.29, 1.82) is 0 Å². The third-order valence-corrected chi connectivity index (χ3v) is 5.53. The number of sulfonamides is 1. The molecule has 0 aliphatic carbocycles. The number of nitro groups is 1. The van der Waals surface area contributed by atoms with Gasteiger partial charge in [0.15, 0.2) is 5.78 Å². The van der Waals surface area contributed by atoms with Gasteiger partial charge in [-0.3, -0.25) is 19.7 Å². The van der Waals surface area contributed by atoms with Crippen molar-refractivity contribution in [2.75, 3.05) is 13.1 Å². The minimum Gasteiger partial charge on any atom is -0.355 e. The van der Waals surface area contributed by atoms with E-state index in [0.717, 1.165) is 6.07 Å². The number of nitro benzene ring substituents is 1. The zero-order valence-electron chi connectivity index (χ0n) is 15.1. The molecule has 2 rings (SSSR count). The first-order chi connectivity index (χ1) is 13.7. The fourth-order valence-corrected chi connectivity index (χ4v) is 3.53. The topological polar surface area (TPSA) is 135 Å². The van der Waals surface area contributed by atoms with Crippen LogP contribution in [0, 0.1) is 10.1 Å². The largest absolute Gasteiger partial charge is 0.355 e. The summed E-state index contributed by atoms with van der Waals surface area (Å²) in [4.78, 5) is 33.6. The monoisotopic (exact) mass is 439 g/mol. The molecular weight excluding hydrogens is 422 g/mol. The van der Waals surface area contributed by atoms with Crippen LogP contribution < -0.4 is 10.0 Å². The number of hydrogen-bond donors (Lipinski definition) is 2. The summed E-state index contributed by atoms with van der Waals surface area (Å²) in [5, 5.41) is 13.8. The smallest absolute Gasteiger partial charge is 0.270 e. The molecule has 0 aliphatic rings. The van der Waals surface area contributed by atoms with Crippen LogP contribution in [0.4, 0.5) is 5.69 Å². The van der Waals surface area contributed by atoms with Gasteiger partial charge in [-0.2, -0.15) is 0 Å². The van der Waals surface area contributed by atoms with Gasteiger partial charge in [-0.25, -0.2) is 13.1 Å². The molecule has 0 unspecified atom stereocenters. The number of rotatable bonds is 10. The molecule has 0 saturated heterocycles. The third kappa shape index (κ3) is 6.93. The minimum atomic E-state index is -3.95. The van der Waals surface area contributed by atoms with Crippen LogP contribution in [-0.2, 0) is 14.8 Å². The molecule has 2 N–H and O–H groups in total. The standard InChI is InChI=1S/C18H18ClN3O6S/c19-14-6-4-13(5-7-14)17(23)8-9-18(24)20-10-11-21-29(27,28)16-3-1-2-15(12-16)22(25)26/h1-7,12,21H,8-11H2,(H,20,24). The summed E-state index contributed by atoms with van der Waals surface area (Å²) in [5.41, 5.74) is 0.110. The molecule has 154 valence electrons. The number of non-ortho nitro benzene ring substituents is 1. The molecule has 0 atom stereocenters. The maximum atomic E-state index is 12.1. The molecule has 0 fully saturated rings. The number of halogens is 1. The van der Waals surface area contributed by atoms with Crippen LogP contribution in [0.3, 0.4) is 0 Å². The molecule has 0 saturated carbocycles. The molecule has 0 aromatic heterocycles. The first kappa shape index (κ1) is 22.5. The molecule has 0 aliphatic heterocycles. The Morgan fingerprint density at radius 2 is 1.72 bits per heavy atom. The van der Waals surface area contributed by atoms with Crippen LogP contribution in [0.1, 0.15) is 23.2 Å². The van der Waals surface area contributed by atoms with Crippen molar-refractivity contribution >= 4 is 39.0 Å². The predicted octanol–water partition coefficient (Wildman–Crippen LogP) is 2.31. The molecular formula is C18H18ClN3O6S. The number of Topliss-reactive ketones (excluding diaryl/α,β-unsaturated/α-hetero) is 1. The Kier molecular flexibility index (Phi) is 7.82. The van der Waals surface area contributed by atoms with Gasteiger partial charge in [-0.05, 0) is 30.3 Å². The quantitative estimate of drug-likeness (QED) is 0.252. The summed E-state index contributed by atoms with van der Waals surface area (Å²) in [6.07, 6.45) is -0.0357. The molecule has 11 heteroatoms. The fraction of sp³-hybridized carbons (Fsp3) is 0.222. The van der Waals surface area contributed by atoms with Crippen molar-refractivity contribution in [3.05, 3.63) is 69.2 Å². The average molecular weight is 440 g/mol. The van der Waals surface area contributed by atoms with Crippen LogP contribution >= 0.6 is 11.6 Å². The molecule has 29 heavy (non-hydrogen) atoms. The van der Waals surface area contributed by atoms with Gasteiger partial charge in [0.25, 0.3) is 5.69 Å². The predicted molar refractivity (Wildman–Crippen MR) is 106 cm³/mol. The van der Waals surface area contributed by atoms with Crippen molar-refractivity contribution in [2.24, 2.45) is 0 Å². The van der Waals surface area contributed by atoms with E-state index in [-0.39, 0.29) is 42.3 Å². The van der Waals surface area contributed by atoms with Crippen LogP contribution in [0.15, 0.2) is 53.4 Å². The highest BCUT2D eigenvalue weighted by Crippen LogP contribution is 2.17. The van der Waals surface area contributed by atoms with E-state index in [1.807, 2.05) is 0 Å². The van der Waals surface area contributed by atoms with Crippen molar-refractivity contribution < 1.29 is 22.9 Å². The normalized spacial score (nSPS) is 11.1. The molecule has 2 aromatic carbocycles. The number of ketones is 1. The van der Waals surface area contributed by atoms with E-state index >= 15 is 0 Å². The van der Waals surface area contributed by atoms with Crippen LogP contribution in [0.2, 0.25) is 5.02 Å². The molecule has 0 bridgehead atoms. The summed E-state index contributed by atoms with van der Waals surface area (Å²) in [6.45, 7) is -0.107. The van der Waals surface area contributed by atoms with E-state index in [2.05, 4.69) is 10.0 Å². The highest BCUT2D eigenvalue weighted by Gasteiger charge is 2.17. The second-order valence-corrected chi connectivity index (χ2v) is 8.14. The van der Waals surface area contributed by atoms with Gasteiger partial charge in [-0.1, -0.05) is 17.7 Å². The highest BCUT2D eigenvalue weighted by atomic mass is 35.5. The molecule has 0 heterocycles. The van der Waals surface area contributed by atoms with E-state index in [9.17, 15) is 28.1 Å². The number of carbonyl (C=O) groups is 2. The molecule has 1 amide bonds. The van der Waals surface area contributed by atoms with Gasteiger partial charge < -0.3 is 5.32 Å². The Hall–Kier alpha value is -2.82. The van der Waals surface area contributed by atoms with E-state index < -0.39 is 20.9 Å². The summed E-state index contributed by atoms with van der Waals surface area (Å²) in [5.74, 6) is -0.606. The lowest BCUT2D eigenvalue weighted by Gasteiger charge is -2.08. The zero-order valence-corrected chi connectivity index (χ0v) is 16.7. The number of carbonyl (C=O) groups excluding carboxylic acids is 2. The Morgan fingerprint density at radius 3 is 2.38 bits per heavy atom. The lowest BCUT2D eigenvalue weighted by atomic mass is 10.1. The van der Waals surface area contributed by atoms with Crippen molar-refractivity contribution in [1.82, 2.24) is 10.0 Å². The van der Waals surface area contributed by atoms with Gasteiger partial charge in [0.1, 0.15) is 0 Å². The Morgan fingerprint density at radius 1 is 1.03 bits per heavy atom. The van der Waals surface area contributed by atoms with Gasteiger partial charge in [0, 0.05) is 48.6 Å². The van der Waals surface area contributed by atoms with E-state index in [4.69, 9.17) is 11.6 Å². The second-order valence-electron chi connectivity index (χ2n) is 5.93. The van der Waals surface area contributed by atoms with Crippen molar-refractivity contribution in [3.8, 4) is 0 Å². The molecule has 0 spiro atoms. The lowest BCUT2D eigenvalue weighted by molar-refractivity contribution is -0.385. The van der Waals surface area contributed by atoms with Gasteiger partial charge in [0.05, 0.1) is 9.82 Å². The van der Waals surface area contributed by atoms with E-state index in [1.165, 1.54) is 18.2 Å². The van der Waals surface area contributed by atoms with Crippen molar-refractivity contribution in [2.45, 2.75) is 17.7 Å². The average Bonchev–Trinajstić information content (AvgIpc) is 2.70. The molecule has 2 aromatic rings. The zero-order chi connectivity index (χ0) is 21.4. The first-order valence-corrected chi connectivity index (χ1v) is 10.3. The Labute approximate surface area is 172 Å². The molecule has 9 nitrogen and oxygen atoms in total. The summed E-state index contributed by atoms with van der Waals surface area (Å²) in [6, 6.07) is 11.0. The SMILES string of the molecule is O=C(CCC(=O)c1ccc(Cl)cc1)NCCNS(=O)(=O)c1cccc([N+](=O)[O-])c1. The third-order valence-electron chi connectivity index (χ3n) is 3.82. The summed E-state index contributed by atoms with van der Waals surface area (Å²) >= 11 is 5.75. The van der Waals surface area contributed by atoms with E-state index in [0.29, 0.717) is 10.6 Å². The number of nitrogens with zero attached hydrogens (tertiary/aromatic N) is 1. The van der Waals surface area contributed by atoms with Crippen LogP contribution in [0.5, 0.6) is 0 Å².